The SMILES string of the molecule is COc1ccc(-c2cc(C(=O)NC3CCNC(C)C3)c3ccccc3n2)cc1.Cl.Cl. The quantitative estimate of drug-likeness (QED) is 0.611. The van der Waals surface area contributed by atoms with E-state index in [4.69, 9.17) is 9.72 Å². The number of piperidine rings is 1. The van der Waals surface area contributed by atoms with Gasteiger partial charge in [0.2, 0.25) is 0 Å². The summed E-state index contributed by atoms with van der Waals surface area (Å²) in [6, 6.07) is 18.0. The molecule has 1 aromatic heterocycles. The lowest BCUT2D eigenvalue weighted by Gasteiger charge is -2.28. The number of hydrogen-bond acceptors (Lipinski definition) is 4. The molecule has 1 saturated heterocycles. The van der Waals surface area contributed by atoms with Crippen molar-refractivity contribution in [1.29, 1.82) is 0 Å². The van der Waals surface area contributed by atoms with Gasteiger partial charge < -0.3 is 15.4 Å². The summed E-state index contributed by atoms with van der Waals surface area (Å²) in [5.74, 6) is 0.759. The molecule has 2 aromatic carbocycles. The molecule has 1 aliphatic rings. The molecular weight excluding hydrogens is 421 g/mol. The Bertz CT molecular complexity index is 995. The lowest BCUT2D eigenvalue weighted by molar-refractivity contribution is 0.0927. The smallest absolute Gasteiger partial charge is 0.252 e. The van der Waals surface area contributed by atoms with Crippen molar-refractivity contribution in [3.63, 3.8) is 0 Å². The molecule has 2 atom stereocenters. The van der Waals surface area contributed by atoms with Gasteiger partial charge in [0, 0.05) is 23.0 Å². The predicted molar refractivity (Wildman–Crippen MR) is 126 cm³/mol. The molecule has 2 N–H and O–H groups in total. The number of nitrogens with one attached hydrogen (secondary N) is 2. The molecular formula is C23H27Cl2N3O2. The number of benzene rings is 2. The number of methoxy groups -OCH3 is 1. The first kappa shape index (κ1) is 23.9. The Morgan fingerprint density at radius 3 is 2.57 bits per heavy atom. The standard InChI is InChI=1S/C23H25N3O2.2ClH/c1-15-13-17(11-12-24-15)25-23(27)20-14-22(16-7-9-18(28-2)10-8-16)26-21-6-4-3-5-19(20)21;;/h3-10,14-15,17,24H,11-13H2,1-2H3,(H,25,27);2*1H. The zero-order valence-electron chi connectivity index (χ0n) is 17.1. The van der Waals surface area contributed by atoms with Crippen LogP contribution < -0.4 is 15.4 Å². The summed E-state index contributed by atoms with van der Waals surface area (Å²) in [5.41, 5.74) is 3.23. The third-order valence-electron chi connectivity index (χ3n) is 5.31. The Morgan fingerprint density at radius 2 is 1.87 bits per heavy atom. The van der Waals surface area contributed by atoms with Crippen molar-refractivity contribution < 1.29 is 9.53 Å². The molecule has 4 rings (SSSR count). The van der Waals surface area contributed by atoms with E-state index in [9.17, 15) is 4.79 Å². The van der Waals surface area contributed by atoms with E-state index in [1.807, 2.05) is 54.6 Å². The van der Waals surface area contributed by atoms with Crippen molar-refractivity contribution in [3.8, 4) is 17.0 Å². The van der Waals surface area contributed by atoms with E-state index in [1.165, 1.54) is 0 Å². The number of amides is 1. The van der Waals surface area contributed by atoms with Crippen LogP contribution in [0.2, 0.25) is 0 Å². The second-order valence-electron chi connectivity index (χ2n) is 7.35. The first-order chi connectivity index (χ1) is 13.6. The van der Waals surface area contributed by atoms with Crippen molar-refractivity contribution in [2.24, 2.45) is 0 Å². The van der Waals surface area contributed by atoms with Gasteiger partial charge in [-0.2, -0.15) is 0 Å². The maximum absolute atomic E-state index is 13.1. The summed E-state index contributed by atoms with van der Waals surface area (Å²) >= 11 is 0. The monoisotopic (exact) mass is 447 g/mol. The number of fused-ring (bicyclic) bond motifs is 1. The van der Waals surface area contributed by atoms with Crippen LogP contribution in [0.1, 0.15) is 30.1 Å². The van der Waals surface area contributed by atoms with Crippen LogP contribution in [0.15, 0.2) is 54.6 Å². The van der Waals surface area contributed by atoms with E-state index in [1.54, 1.807) is 7.11 Å². The molecule has 7 heteroatoms. The van der Waals surface area contributed by atoms with E-state index >= 15 is 0 Å². The highest BCUT2D eigenvalue weighted by atomic mass is 35.5. The zero-order valence-corrected chi connectivity index (χ0v) is 18.7. The van der Waals surface area contributed by atoms with Crippen LogP contribution >= 0.6 is 24.8 Å². The summed E-state index contributed by atoms with van der Waals surface area (Å²) in [6.45, 7) is 3.09. The molecule has 3 aromatic rings. The average molecular weight is 448 g/mol. The highest BCUT2D eigenvalue weighted by Gasteiger charge is 2.22. The number of aromatic nitrogens is 1. The van der Waals surface area contributed by atoms with Gasteiger partial charge in [-0.3, -0.25) is 4.79 Å². The first-order valence-electron chi connectivity index (χ1n) is 9.72. The summed E-state index contributed by atoms with van der Waals surface area (Å²) < 4.78 is 5.24. The molecule has 1 amide bonds. The van der Waals surface area contributed by atoms with Crippen LogP contribution in [0.3, 0.4) is 0 Å². The van der Waals surface area contributed by atoms with Crippen LogP contribution in [-0.4, -0.2) is 36.6 Å². The number of rotatable bonds is 4. The van der Waals surface area contributed by atoms with E-state index in [0.29, 0.717) is 11.6 Å². The minimum absolute atomic E-state index is 0. The van der Waals surface area contributed by atoms with Gasteiger partial charge in [-0.05, 0) is 62.7 Å². The van der Waals surface area contributed by atoms with Crippen molar-refractivity contribution in [2.45, 2.75) is 31.8 Å². The molecule has 0 bridgehead atoms. The predicted octanol–water partition coefficient (Wildman–Crippen LogP) is 4.62. The number of pyridine rings is 1. The highest BCUT2D eigenvalue weighted by Crippen LogP contribution is 2.26. The van der Waals surface area contributed by atoms with E-state index in [-0.39, 0.29) is 36.8 Å². The summed E-state index contributed by atoms with van der Waals surface area (Å²) in [6.07, 6.45) is 1.89. The number of ether oxygens (including phenoxy) is 1. The second kappa shape index (κ2) is 10.6. The van der Waals surface area contributed by atoms with Gasteiger partial charge in [-0.15, -0.1) is 24.8 Å². The minimum atomic E-state index is -0.0348. The van der Waals surface area contributed by atoms with Gasteiger partial charge in [0.15, 0.2) is 0 Å². The lowest BCUT2D eigenvalue weighted by atomic mass is 9.99. The summed E-state index contributed by atoms with van der Waals surface area (Å²) in [7, 11) is 1.65. The minimum Gasteiger partial charge on any atom is -0.497 e. The number of nitrogens with zero attached hydrogens (tertiary/aromatic N) is 1. The van der Waals surface area contributed by atoms with E-state index in [2.05, 4.69) is 17.6 Å². The summed E-state index contributed by atoms with van der Waals surface area (Å²) in [5, 5.41) is 7.53. The zero-order chi connectivity index (χ0) is 19.5. The number of carbonyl (C=O) groups excluding carboxylic acids is 1. The molecule has 2 unspecified atom stereocenters. The van der Waals surface area contributed by atoms with E-state index < -0.39 is 0 Å². The van der Waals surface area contributed by atoms with Crippen molar-refractivity contribution in [2.75, 3.05) is 13.7 Å². The van der Waals surface area contributed by atoms with Gasteiger partial charge in [0.05, 0.1) is 23.9 Å². The maximum Gasteiger partial charge on any atom is 0.252 e. The van der Waals surface area contributed by atoms with Gasteiger partial charge in [-0.25, -0.2) is 4.98 Å². The third-order valence-corrected chi connectivity index (χ3v) is 5.31. The van der Waals surface area contributed by atoms with Crippen LogP contribution in [-0.2, 0) is 0 Å². The lowest BCUT2D eigenvalue weighted by Crippen LogP contribution is -2.46. The largest absolute Gasteiger partial charge is 0.497 e. The Hall–Kier alpha value is -2.34. The van der Waals surface area contributed by atoms with Crippen molar-refractivity contribution in [3.05, 3.63) is 60.2 Å². The molecule has 0 saturated carbocycles. The number of halogens is 2. The van der Waals surface area contributed by atoms with Gasteiger partial charge in [0.1, 0.15) is 5.75 Å². The molecule has 1 fully saturated rings. The second-order valence-corrected chi connectivity index (χ2v) is 7.35. The van der Waals surface area contributed by atoms with Crippen LogP contribution in [0.4, 0.5) is 0 Å². The molecule has 2 heterocycles. The third kappa shape index (κ3) is 5.22. The molecule has 0 spiro atoms. The highest BCUT2D eigenvalue weighted by molar-refractivity contribution is 6.07. The number of para-hydroxylation sites is 1. The van der Waals surface area contributed by atoms with E-state index in [0.717, 1.165) is 47.3 Å². The maximum atomic E-state index is 13.1. The van der Waals surface area contributed by atoms with Gasteiger partial charge in [-0.1, -0.05) is 18.2 Å². The Balaban J connectivity index is 0.00000160. The summed E-state index contributed by atoms with van der Waals surface area (Å²) in [4.78, 5) is 17.9. The normalized spacial score (nSPS) is 18.1. The van der Waals surface area contributed by atoms with Crippen molar-refractivity contribution in [1.82, 2.24) is 15.6 Å². The van der Waals surface area contributed by atoms with Crippen LogP contribution in [0.25, 0.3) is 22.2 Å². The molecule has 1 aliphatic heterocycles. The number of carbonyl (C=O) groups is 1. The first-order valence-corrected chi connectivity index (χ1v) is 9.72. The fourth-order valence-electron chi connectivity index (χ4n) is 3.80. The van der Waals surface area contributed by atoms with Crippen molar-refractivity contribution >= 4 is 41.6 Å². The Morgan fingerprint density at radius 1 is 1.13 bits per heavy atom. The topological polar surface area (TPSA) is 63.2 Å². The van der Waals surface area contributed by atoms with Crippen LogP contribution in [0.5, 0.6) is 5.75 Å². The average Bonchev–Trinajstić information content (AvgIpc) is 2.73. The Kier molecular flexibility index (Phi) is 8.47. The fourth-order valence-corrected chi connectivity index (χ4v) is 3.80. The molecule has 0 aliphatic carbocycles. The van der Waals surface area contributed by atoms with Gasteiger partial charge in [0.25, 0.3) is 5.91 Å². The molecule has 30 heavy (non-hydrogen) atoms. The number of hydrogen-bond donors (Lipinski definition) is 2. The molecule has 0 radical (unpaired) electrons. The molecule has 5 nitrogen and oxygen atoms in total. The molecule has 160 valence electrons. The van der Waals surface area contributed by atoms with Crippen LogP contribution in [0, 0.1) is 0 Å². The fraction of sp³-hybridized carbons (Fsp3) is 0.304. The van der Waals surface area contributed by atoms with Gasteiger partial charge >= 0.3 is 0 Å². The Labute approximate surface area is 189 Å².